The lowest BCUT2D eigenvalue weighted by Crippen LogP contribution is -2.24. The summed E-state index contributed by atoms with van der Waals surface area (Å²) in [5.41, 5.74) is 2.24. The molecule has 1 aromatic heterocycles. The summed E-state index contributed by atoms with van der Waals surface area (Å²) in [4.78, 5) is 9.54. The Kier molecular flexibility index (Phi) is 5.74. The number of rotatable bonds is 5. The molecule has 1 saturated carbocycles. The zero-order valence-corrected chi connectivity index (χ0v) is 14.3. The summed E-state index contributed by atoms with van der Waals surface area (Å²) < 4.78 is 0. The molecule has 0 radical (unpaired) electrons. The molecule has 1 fully saturated rings. The first-order chi connectivity index (χ1) is 9.95. The summed E-state index contributed by atoms with van der Waals surface area (Å²) in [6.07, 6.45) is 5.17. The second-order valence-electron chi connectivity index (χ2n) is 7.25. The van der Waals surface area contributed by atoms with Gasteiger partial charge in [0.1, 0.15) is 5.82 Å². The number of hydrogen-bond acceptors (Lipinski definition) is 3. The average Bonchev–Trinajstić information content (AvgIpc) is 2.44. The number of hydrogen-bond donors (Lipinski definition) is 1. The molecule has 0 atom stereocenters. The van der Waals surface area contributed by atoms with Crippen LogP contribution >= 0.6 is 0 Å². The van der Waals surface area contributed by atoms with Crippen LogP contribution in [0.15, 0.2) is 6.07 Å². The second kappa shape index (κ2) is 7.35. The molecule has 2 rings (SSSR count). The molecule has 0 aromatic carbocycles. The van der Waals surface area contributed by atoms with E-state index in [0.717, 1.165) is 35.6 Å². The van der Waals surface area contributed by atoms with Crippen LogP contribution in [0.3, 0.4) is 0 Å². The van der Waals surface area contributed by atoms with Crippen molar-refractivity contribution in [2.24, 2.45) is 11.8 Å². The molecular weight excluding hydrogens is 258 g/mol. The Bertz CT molecular complexity index is 446. The van der Waals surface area contributed by atoms with Crippen LogP contribution < -0.4 is 5.32 Å². The van der Waals surface area contributed by atoms with Crippen LogP contribution in [0.25, 0.3) is 0 Å². The van der Waals surface area contributed by atoms with Crippen molar-refractivity contribution in [1.82, 2.24) is 15.3 Å². The van der Waals surface area contributed by atoms with E-state index in [-0.39, 0.29) is 0 Å². The third kappa shape index (κ3) is 4.77. The van der Waals surface area contributed by atoms with Crippen LogP contribution in [-0.4, -0.2) is 16.0 Å². The molecule has 1 aromatic rings. The second-order valence-corrected chi connectivity index (χ2v) is 7.25. The lowest BCUT2D eigenvalue weighted by Gasteiger charge is -2.30. The minimum Gasteiger partial charge on any atom is -0.309 e. The van der Waals surface area contributed by atoms with E-state index in [2.05, 4.69) is 46.0 Å². The number of nitrogens with zero attached hydrogens (tertiary/aromatic N) is 2. The molecule has 1 N–H and O–H groups in total. The van der Waals surface area contributed by atoms with E-state index in [1.165, 1.54) is 25.7 Å². The summed E-state index contributed by atoms with van der Waals surface area (Å²) in [6.45, 7) is 12.0. The summed E-state index contributed by atoms with van der Waals surface area (Å²) in [7, 11) is 0. The molecule has 0 unspecified atom stereocenters. The van der Waals surface area contributed by atoms with Gasteiger partial charge in [-0.3, -0.25) is 0 Å². The molecule has 3 nitrogen and oxygen atoms in total. The van der Waals surface area contributed by atoms with Crippen molar-refractivity contribution in [3.63, 3.8) is 0 Å². The number of aryl methyl sites for hydroxylation is 1. The summed E-state index contributed by atoms with van der Waals surface area (Å²) in [6, 6.07) is 2.60. The molecule has 1 aliphatic carbocycles. The minimum absolute atomic E-state index is 0.491. The Balaban J connectivity index is 2.03. The van der Waals surface area contributed by atoms with E-state index < -0.39 is 0 Å². The van der Waals surface area contributed by atoms with Crippen molar-refractivity contribution >= 4 is 0 Å². The van der Waals surface area contributed by atoms with E-state index in [0.29, 0.717) is 12.0 Å². The van der Waals surface area contributed by atoms with Gasteiger partial charge in [-0.1, -0.05) is 27.7 Å². The van der Waals surface area contributed by atoms with Crippen molar-refractivity contribution in [2.75, 3.05) is 0 Å². The van der Waals surface area contributed by atoms with Gasteiger partial charge in [0.05, 0.1) is 5.69 Å². The largest absolute Gasteiger partial charge is 0.309 e. The highest BCUT2D eigenvalue weighted by atomic mass is 15.0. The average molecular weight is 289 g/mol. The van der Waals surface area contributed by atoms with Crippen LogP contribution in [0.2, 0.25) is 0 Å². The molecule has 21 heavy (non-hydrogen) atoms. The zero-order chi connectivity index (χ0) is 15.4. The van der Waals surface area contributed by atoms with Crippen LogP contribution in [-0.2, 0) is 6.54 Å². The Labute approximate surface area is 130 Å². The van der Waals surface area contributed by atoms with Gasteiger partial charge in [-0.25, -0.2) is 9.97 Å². The molecule has 3 heteroatoms. The molecule has 1 aliphatic rings. The van der Waals surface area contributed by atoms with Gasteiger partial charge in [-0.05, 0) is 50.5 Å². The van der Waals surface area contributed by atoms with E-state index >= 15 is 0 Å². The Morgan fingerprint density at radius 1 is 1.10 bits per heavy atom. The summed E-state index contributed by atoms with van der Waals surface area (Å²) in [5.74, 6) is 3.36. The first kappa shape index (κ1) is 16.4. The van der Waals surface area contributed by atoms with E-state index in [1.807, 2.05) is 0 Å². The Morgan fingerprint density at radius 2 is 1.76 bits per heavy atom. The van der Waals surface area contributed by atoms with Gasteiger partial charge in [-0.2, -0.15) is 0 Å². The molecule has 0 amide bonds. The third-order valence-electron chi connectivity index (χ3n) is 4.70. The van der Waals surface area contributed by atoms with Crippen molar-refractivity contribution in [3.05, 3.63) is 23.3 Å². The minimum atomic E-state index is 0.491. The van der Waals surface area contributed by atoms with E-state index in [4.69, 9.17) is 9.97 Å². The van der Waals surface area contributed by atoms with Crippen LogP contribution in [0.5, 0.6) is 0 Å². The van der Waals surface area contributed by atoms with Gasteiger partial charge >= 0.3 is 0 Å². The van der Waals surface area contributed by atoms with Crippen LogP contribution in [0, 0.1) is 18.8 Å². The fourth-order valence-corrected chi connectivity index (χ4v) is 3.28. The molecule has 1 heterocycles. The number of aromatic nitrogens is 2. The van der Waals surface area contributed by atoms with Crippen LogP contribution in [0.1, 0.15) is 76.5 Å². The molecule has 0 spiro atoms. The SMILES string of the molecule is Cc1cc(CNC(C)C)nc(C2CCC(C(C)C)CC2)n1. The highest BCUT2D eigenvalue weighted by Gasteiger charge is 2.26. The van der Waals surface area contributed by atoms with Crippen molar-refractivity contribution < 1.29 is 0 Å². The van der Waals surface area contributed by atoms with E-state index in [9.17, 15) is 0 Å². The van der Waals surface area contributed by atoms with Gasteiger partial charge in [-0.15, -0.1) is 0 Å². The first-order valence-corrected chi connectivity index (χ1v) is 8.53. The maximum atomic E-state index is 4.83. The fraction of sp³-hybridized carbons (Fsp3) is 0.778. The van der Waals surface area contributed by atoms with E-state index in [1.54, 1.807) is 0 Å². The monoisotopic (exact) mass is 289 g/mol. The highest BCUT2D eigenvalue weighted by Crippen LogP contribution is 2.37. The van der Waals surface area contributed by atoms with Gasteiger partial charge in [0.2, 0.25) is 0 Å². The first-order valence-electron chi connectivity index (χ1n) is 8.53. The lowest BCUT2D eigenvalue weighted by atomic mass is 9.76. The van der Waals surface area contributed by atoms with Gasteiger partial charge in [0, 0.05) is 24.2 Å². The fourth-order valence-electron chi connectivity index (χ4n) is 3.28. The van der Waals surface area contributed by atoms with Gasteiger partial charge in [0.25, 0.3) is 0 Å². The molecular formula is C18H31N3. The van der Waals surface area contributed by atoms with Crippen molar-refractivity contribution in [3.8, 4) is 0 Å². The molecule has 0 saturated heterocycles. The van der Waals surface area contributed by atoms with Crippen LogP contribution in [0.4, 0.5) is 0 Å². The third-order valence-corrected chi connectivity index (χ3v) is 4.70. The van der Waals surface area contributed by atoms with Crippen molar-refractivity contribution in [2.45, 2.75) is 78.8 Å². The van der Waals surface area contributed by atoms with Gasteiger partial charge < -0.3 is 5.32 Å². The topological polar surface area (TPSA) is 37.8 Å². The zero-order valence-electron chi connectivity index (χ0n) is 14.3. The quantitative estimate of drug-likeness (QED) is 0.882. The summed E-state index contributed by atoms with van der Waals surface area (Å²) >= 11 is 0. The number of nitrogens with one attached hydrogen (secondary N) is 1. The smallest absolute Gasteiger partial charge is 0.131 e. The molecule has 0 aliphatic heterocycles. The lowest BCUT2D eigenvalue weighted by molar-refractivity contribution is 0.254. The standard InChI is InChI=1S/C18H31N3/c1-12(2)15-6-8-16(9-7-15)18-20-14(5)10-17(21-18)11-19-13(3)4/h10,12-13,15-16,19H,6-9,11H2,1-5H3. The normalized spacial score (nSPS) is 23.0. The Hall–Kier alpha value is -0.960. The predicted molar refractivity (Wildman–Crippen MR) is 88.3 cm³/mol. The highest BCUT2D eigenvalue weighted by molar-refractivity contribution is 5.13. The van der Waals surface area contributed by atoms with Crippen molar-refractivity contribution in [1.29, 1.82) is 0 Å². The predicted octanol–water partition coefficient (Wildman–Crippen LogP) is 4.21. The van der Waals surface area contributed by atoms with Gasteiger partial charge in [0.15, 0.2) is 0 Å². The maximum Gasteiger partial charge on any atom is 0.131 e. The molecule has 118 valence electrons. The Morgan fingerprint density at radius 3 is 2.33 bits per heavy atom. The summed E-state index contributed by atoms with van der Waals surface area (Å²) in [5, 5.41) is 3.45. The maximum absolute atomic E-state index is 4.83. The molecule has 0 bridgehead atoms.